The molecule has 0 atom stereocenters. The largest absolute Gasteiger partial charge is 0.424 e. The fourth-order valence-corrected chi connectivity index (χ4v) is 2.39. The summed E-state index contributed by atoms with van der Waals surface area (Å²) >= 11 is 0. The summed E-state index contributed by atoms with van der Waals surface area (Å²) in [5.74, 6) is 1.57. The molecule has 0 amide bonds. The predicted octanol–water partition coefficient (Wildman–Crippen LogP) is 2.26. The van der Waals surface area contributed by atoms with Gasteiger partial charge in [-0.15, -0.1) is 0 Å². The van der Waals surface area contributed by atoms with Crippen LogP contribution in [-0.2, 0) is 9.84 Å². The van der Waals surface area contributed by atoms with Gasteiger partial charge in [0.25, 0.3) is 0 Å². The first-order chi connectivity index (χ1) is 10.7. The topological polar surface area (TPSA) is 85.3 Å². The average Bonchev–Trinajstić information content (AvgIpc) is 2.46. The zero-order valence-electron chi connectivity index (χ0n) is 13.8. The fraction of sp³-hybridized carbons (Fsp3) is 0.400. The molecule has 0 radical (unpaired) electrons. The maximum Gasteiger partial charge on any atom is 0.327 e. The first kappa shape index (κ1) is 17.1. The van der Waals surface area contributed by atoms with Crippen molar-refractivity contribution >= 4 is 15.8 Å². The van der Waals surface area contributed by atoms with E-state index in [1.165, 1.54) is 12.1 Å². The number of ether oxygens (including phenoxy) is 1. The number of hydrogen-bond acceptors (Lipinski definition) is 7. The van der Waals surface area contributed by atoms with Crippen molar-refractivity contribution in [1.29, 1.82) is 0 Å². The highest BCUT2D eigenvalue weighted by Gasteiger charge is 2.14. The van der Waals surface area contributed by atoms with Gasteiger partial charge in [0.05, 0.1) is 4.90 Å². The minimum Gasteiger partial charge on any atom is -0.424 e. The molecule has 2 rings (SSSR count). The lowest BCUT2D eigenvalue weighted by atomic mass is 10.2. The predicted molar refractivity (Wildman–Crippen MR) is 87.9 cm³/mol. The van der Waals surface area contributed by atoms with Crippen molar-refractivity contribution < 1.29 is 13.2 Å². The summed E-state index contributed by atoms with van der Waals surface area (Å²) in [5.41, 5.74) is 0. The molecule has 124 valence electrons. The van der Waals surface area contributed by atoms with E-state index < -0.39 is 9.84 Å². The Hall–Kier alpha value is -2.22. The molecule has 0 aliphatic heterocycles. The maximum atomic E-state index is 11.6. The van der Waals surface area contributed by atoms with Crippen LogP contribution < -0.4 is 9.64 Å². The standard InChI is InChI=1S/C15H20N4O3S/c1-10(2)13-16-14(19(3)4)18-15(17-13)22-11-7-6-8-12(9-11)23(5,20)21/h6-10H,1-5H3. The second-order valence-electron chi connectivity index (χ2n) is 5.67. The van der Waals surface area contributed by atoms with Crippen molar-refractivity contribution in [3.63, 3.8) is 0 Å². The fourth-order valence-electron chi connectivity index (χ4n) is 1.74. The highest BCUT2D eigenvalue weighted by atomic mass is 32.2. The molecule has 0 aliphatic carbocycles. The molecule has 23 heavy (non-hydrogen) atoms. The number of sulfone groups is 1. The molecule has 0 unspecified atom stereocenters. The Labute approximate surface area is 136 Å². The molecule has 0 bridgehead atoms. The molecule has 1 aromatic heterocycles. The quantitative estimate of drug-likeness (QED) is 0.828. The van der Waals surface area contributed by atoms with E-state index in [0.717, 1.165) is 6.26 Å². The van der Waals surface area contributed by atoms with Gasteiger partial charge < -0.3 is 9.64 Å². The third-order valence-electron chi connectivity index (χ3n) is 2.98. The van der Waals surface area contributed by atoms with E-state index >= 15 is 0 Å². The van der Waals surface area contributed by atoms with Gasteiger partial charge in [0.2, 0.25) is 5.95 Å². The van der Waals surface area contributed by atoms with Crippen LogP contribution in [0.3, 0.4) is 0 Å². The molecule has 0 saturated carbocycles. The monoisotopic (exact) mass is 336 g/mol. The molecule has 1 heterocycles. The van der Waals surface area contributed by atoms with E-state index in [4.69, 9.17) is 4.74 Å². The SMILES string of the molecule is CC(C)c1nc(Oc2cccc(S(C)(=O)=O)c2)nc(N(C)C)n1. The van der Waals surface area contributed by atoms with Gasteiger partial charge in [-0.25, -0.2) is 8.42 Å². The van der Waals surface area contributed by atoms with Gasteiger partial charge in [-0.3, -0.25) is 0 Å². The van der Waals surface area contributed by atoms with Crippen LogP contribution >= 0.6 is 0 Å². The minimum absolute atomic E-state index is 0.112. The molecule has 0 saturated heterocycles. The molecule has 0 N–H and O–H groups in total. The van der Waals surface area contributed by atoms with E-state index in [-0.39, 0.29) is 16.8 Å². The second kappa shape index (κ2) is 6.49. The zero-order valence-corrected chi connectivity index (χ0v) is 14.6. The van der Waals surface area contributed by atoms with Crippen LogP contribution in [0.5, 0.6) is 11.8 Å². The summed E-state index contributed by atoms with van der Waals surface area (Å²) in [7, 11) is 0.352. The molecule has 0 spiro atoms. The lowest BCUT2D eigenvalue weighted by Crippen LogP contribution is -2.15. The van der Waals surface area contributed by atoms with Crippen LogP contribution in [0.15, 0.2) is 29.2 Å². The Bertz CT molecular complexity index is 778. The summed E-state index contributed by atoms with van der Waals surface area (Å²) in [6, 6.07) is 6.37. The first-order valence-electron chi connectivity index (χ1n) is 7.08. The van der Waals surface area contributed by atoms with E-state index in [9.17, 15) is 8.42 Å². The molecule has 1 aromatic carbocycles. The molecule has 8 heteroatoms. The summed E-state index contributed by atoms with van der Waals surface area (Å²) in [6.45, 7) is 3.95. The smallest absolute Gasteiger partial charge is 0.327 e. The van der Waals surface area contributed by atoms with Gasteiger partial charge in [0.1, 0.15) is 11.6 Å². The number of anilines is 1. The van der Waals surface area contributed by atoms with Crippen molar-refractivity contribution in [3.8, 4) is 11.8 Å². The molecular formula is C15H20N4O3S. The Morgan fingerprint density at radius 2 is 1.83 bits per heavy atom. The van der Waals surface area contributed by atoms with E-state index in [1.807, 2.05) is 27.9 Å². The Morgan fingerprint density at radius 1 is 1.13 bits per heavy atom. The lowest BCUT2D eigenvalue weighted by molar-refractivity contribution is 0.433. The normalized spacial score (nSPS) is 11.6. The summed E-state index contributed by atoms with van der Waals surface area (Å²) in [6.07, 6.45) is 1.15. The van der Waals surface area contributed by atoms with Crippen molar-refractivity contribution in [2.45, 2.75) is 24.7 Å². The Kier molecular flexibility index (Phi) is 4.84. The van der Waals surface area contributed by atoms with Gasteiger partial charge in [-0.2, -0.15) is 15.0 Å². The number of aromatic nitrogens is 3. The van der Waals surface area contributed by atoms with Crippen LogP contribution in [0.2, 0.25) is 0 Å². The van der Waals surface area contributed by atoms with E-state index in [2.05, 4.69) is 15.0 Å². The average molecular weight is 336 g/mol. The molecule has 0 fully saturated rings. The van der Waals surface area contributed by atoms with Gasteiger partial charge in [0, 0.05) is 26.3 Å². The highest BCUT2D eigenvalue weighted by Crippen LogP contribution is 2.24. The highest BCUT2D eigenvalue weighted by molar-refractivity contribution is 7.90. The third kappa shape index (κ3) is 4.38. The van der Waals surface area contributed by atoms with Crippen molar-refractivity contribution in [2.24, 2.45) is 0 Å². The van der Waals surface area contributed by atoms with Crippen molar-refractivity contribution in [1.82, 2.24) is 15.0 Å². The second-order valence-corrected chi connectivity index (χ2v) is 7.69. The van der Waals surface area contributed by atoms with Gasteiger partial charge in [0.15, 0.2) is 9.84 Å². The van der Waals surface area contributed by atoms with Crippen molar-refractivity contribution in [3.05, 3.63) is 30.1 Å². The summed E-state index contributed by atoms with van der Waals surface area (Å²) < 4.78 is 28.9. The molecular weight excluding hydrogens is 316 g/mol. The molecule has 0 aliphatic rings. The zero-order chi connectivity index (χ0) is 17.2. The van der Waals surface area contributed by atoms with Crippen LogP contribution in [0.25, 0.3) is 0 Å². The number of nitrogens with zero attached hydrogens (tertiary/aromatic N) is 4. The first-order valence-corrected chi connectivity index (χ1v) is 8.97. The Morgan fingerprint density at radius 3 is 2.39 bits per heavy atom. The minimum atomic E-state index is -3.30. The van der Waals surface area contributed by atoms with Crippen LogP contribution in [0.1, 0.15) is 25.6 Å². The van der Waals surface area contributed by atoms with E-state index in [0.29, 0.717) is 17.5 Å². The maximum absolute atomic E-state index is 11.6. The van der Waals surface area contributed by atoms with E-state index in [1.54, 1.807) is 17.0 Å². The number of rotatable bonds is 5. The van der Waals surface area contributed by atoms with Crippen LogP contribution in [-0.4, -0.2) is 43.7 Å². The lowest BCUT2D eigenvalue weighted by Gasteiger charge is -2.14. The van der Waals surface area contributed by atoms with Gasteiger partial charge in [-0.1, -0.05) is 19.9 Å². The third-order valence-corrected chi connectivity index (χ3v) is 4.09. The summed E-state index contributed by atoms with van der Waals surface area (Å²) in [4.78, 5) is 14.8. The molecule has 2 aromatic rings. The van der Waals surface area contributed by atoms with Crippen molar-refractivity contribution in [2.75, 3.05) is 25.3 Å². The number of benzene rings is 1. The number of hydrogen-bond donors (Lipinski definition) is 0. The Balaban J connectivity index is 2.40. The van der Waals surface area contributed by atoms with Crippen LogP contribution in [0.4, 0.5) is 5.95 Å². The van der Waals surface area contributed by atoms with Gasteiger partial charge >= 0.3 is 6.01 Å². The molecule has 7 nitrogen and oxygen atoms in total. The summed E-state index contributed by atoms with van der Waals surface area (Å²) in [5, 5.41) is 0. The van der Waals surface area contributed by atoms with Crippen LogP contribution in [0, 0.1) is 0 Å². The van der Waals surface area contributed by atoms with Gasteiger partial charge in [-0.05, 0) is 18.2 Å².